The van der Waals surface area contributed by atoms with Gasteiger partial charge in [0.1, 0.15) is 5.69 Å². The van der Waals surface area contributed by atoms with Crippen molar-refractivity contribution < 1.29 is 10.0 Å². The molecule has 0 bridgehead atoms. The van der Waals surface area contributed by atoms with E-state index < -0.39 is 4.92 Å². The van der Waals surface area contributed by atoms with Crippen molar-refractivity contribution in [3.8, 4) is 0 Å². The van der Waals surface area contributed by atoms with Gasteiger partial charge in [-0.1, -0.05) is 13.3 Å². The molecule has 1 heterocycles. The quantitative estimate of drug-likeness (QED) is 0.435. The second-order valence-corrected chi connectivity index (χ2v) is 4.92. The highest BCUT2D eigenvalue weighted by molar-refractivity contribution is 6.28. The van der Waals surface area contributed by atoms with E-state index in [4.69, 9.17) is 16.7 Å². The van der Waals surface area contributed by atoms with E-state index >= 15 is 0 Å². The summed E-state index contributed by atoms with van der Waals surface area (Å²) in [5, 5.41) is 23.0. The molecule has 0 aliphatic carbocycles. The molecule has 0 saturated heterocycles. The van der Waals surface area contributed by atoms with Gasteiger partial charge in [0, 0.05) is 13.2 Å². The summed E-state index contributed by atoms with van der Waals surface area (Å²) >= 11 is 5.74. The molecule has 0 spiro atoms. The van der Waals surface area contributed by atoms with E-state index in [2.05, 4.69) is 22.2 Å². The van der Waals surface area contributed by atoms with Gasteiger partial charge in [0.25, 0.3) is 0 Å². The van der Waals surface area contributed by atoms with Gasteiger partial charge in [-0.2, -0.15) is 4.98 Å². The summed E-state index contributed by atoms with van der Waals surface area (Å²) in [4.78, 5) is 18.2. The van der Waals surface area contributed by atoms with Gasteiger partial charge in [-0.25, -0.2) is 4.98 Å². The summed E-state index contributed by atoms with van der Waals surface area (Å²) < 4.78 is 0. The van der Waals surface area contributed by atoms with Crippen LogP contribution in [-0.4, -0.2) is 33.1 Å². The molecule has 1 atom stereocenters. The van der Waals surface area contributed by atoms with Crippen LogP contribution in [0.1, 0.15) is 31.9 Å². The van der Waals surface area contributed by atoms with Crippen LogP contribution in [0.2, 0.25) is 5.28 Å². The van der Waals surface area contributed by atoms with Crippen LogP contribution >= 0.6 is 11.6 Å². The molecule has 7 nitrogen and oxygen atoms in total. The largest absolute Gasteiger partial charge is 0.396 e. The lowest BCUT2D eigenvalue weighted by molar-refractivity contribution is -0.385. The third kappa shape index (κ3) is 4.57. The highest BCUT2D eigenvalue weighted by Gasteiger charge is 2.22. The first kappa shape index (κ1) is 16.6. The number of anilines is 1. The molecular formula is C12H19ClN4O3. The second-order valence-electron chi connectivity index (χ2n) is 4.58. The molecule has 0 aromatic carbocycles. The van der Waals surface area contributed by atoms with Crippen molar-refractivity contribution in [2.75, 3.05) is 18.5 Å². The smallest absolute Gasteiger partial charge is 0.332 e. The molecular weight excluding hydrogens is 284 g/mol. The van der Waals surface area contributed by atoms with E-state index in [-0.39, 0.29) is 35.0 Å². The Labute approximate surface area is 122 Å². The van der Waals surface area contributed by atoms with Crippen LogP contribution in [0.5, 0.6) is 0 Å². The number of nitro groups is 1. The molecule has 0 fully saturated rings. The van der Waals surface area contributed by atoms with Gasteiger partial charge in [0.05, 0.1) is 4.92 Å². The summed E-state index contributed by atoms with van der Waals surface area (Å²) in [6.45, 7) is 4.17. The van der Waals surface area contributed by atoms with Crippen molar-refractivity contribution >= 4 is 23.1 Å². The van der Waals surface area contributed by atoms with E-state index in [1.807, 2.05) is 0 Å². The number of hydrogen-bond donors (Lipinski definition) is 2. The van der Waals surface area contributed by atoms with E-state index in [0.29, 0.717) is 13.0 Å². The van der Waals surface area contributed by atoms with Crippen LogP contribution in [0, 0.1) is 23.0 Å². The first-order valence-corrected chi connectivity index (χ1v) is 6.90. The second kappa shape index (κ2) is 7.96. The minimum atomic E-state index is -0.519. The maximum Gasteiger partial charge on any atom is 0.332 e. The number of halogens is 1. The van der Waals surface area contributed by atoms with Gasteiger partial charge in [-0.15, -0.1) is 0 Å². The first-order valence-electron chi connectivity index (χ1n) is 6.52. The molecule has 0 aliphatic heterocycles. The maximum atomic E-state index is 11.1. The molecule has 1 unspecified atom stereocenters. The molecule has 0 aliphatic rings. The van der Waals surface area contributed by atoms with E-state index in [1.54, 1.807) is 0 Å². The van der Waals surface area contributed by atoms with E-state index in [9.17, 15) is 10.1 Å². The highest BCUT2D eigenvalue weighted by Crippen LogP contribution is 2.27. The monoisotopic (exact) mass is 302 g/mol. The summed E-state index contributed by atoms with van der Waals surface area (Å²) in [6.07, 6.45) is 2.56. The van der Waals surface area contributed by atoms with Crippen LogP contribution in [0.4, 0.5) is 11.5 Å². The third-order valence-corrected chi connectivity index (χ3v) is 3.18. The SMILES string of the molecule is CCCC(CCO)CNc1nc(Cl)nc(C)c1[N+](=O)[O-]. The molecule has 1 aromatic heterocycles. The predicted molar refractivity (Wildman–Crippen MR) is 77.0 cm³/mol. The minimum Gasteiger partial charge on any atom is -0.396 e. The van der Waals surface area contributed by atoms with Gasteiger partial charge in [-0.3, -0.25) is 10.1 Å². The number of nitrogens with one attached hydrogen (secondary N) is 1. The van der Waals surface area contributed by atoms with Gasteiger partial charge < -0.3 is 10.4 Å². The van der Waals surface area contributed by atoms with Crippen molar-refractivity contribution in [3.05, 3.63) is 21.1 Å². The summed E-state index contributed by atoms with van der Waals surface area (Å²) in [5.74, 6) is 0.366. The Balaban J connectivity index is 2.87. The molecule has 0 saturated carbocycles. The van der Waals surface area contributed by atoms with Crippen LogP contribution in [0.25, 0.3) is 0 Å². The molecule has 1 rings (SSSR count). The van der Waals surface area contributed by atoms with E-state index in [0.717, 1.165) is 12.8 Å². The zero-order chi connectivity index (χ0) is 15.1. The van der Waals surface area contributed by atoms with Crippen LogP contribution in [0.3, 0.4) is 0 Å². The van der Waals surface area contributed by atoms with Gasteiger partial charge in [0.15, 0.2) is 0 Å². The standard InChI is InChI=1S/C12H19ClN4O3/c1-3-4-9(5-6-18)7-14-11-10(17(19)20)8(2)15-12(13)16-11/h9,18H,3-7H2,1-2H3,(H,14,15,16). The highest BCUT2D eigenvalue weighted by atomic mass is 35.5. The molecule has 0 amide bonds. The molecule has 0 radical (unpaired) electrons. The lowest BCUT2D eigenvalue weighted by Gasteiger charge is -2.16. The zero-order valence-electron chi connectivity index (χ0n) is 11.6. The van der Waals surface area contributed by atoms with Crippen LogP contribution in [-0.2, 0) is 0 Å². The van der Waals surface area contributed by atoms with Crippen molar-refractivity contribution in [1.82, 2.24) is 9.97 Å². The van der Waals surface area contributed by atoms with Gasteiger partial charge in [-0.05, 0) is 37.3 Å². The Hall–Kier alpha value is -1.47. The lowest BCUT2D eigenvalue weighted by atomic mass is 10.0. The van der Waals surface area contributed by atoms with Gasteiger partial charge >= 0.3 is 5.69 Å². The maximum absolute atomic E-state index is 11.1. The molecule has 20 heavy (non-hydrogen) atoms. The minimum absolute atomic E-state index is 0.0233. The first-order chi connectivity index (χ1) is 9.49. The Morgan fingerprint density at radius 2 is 2.15 bits per heavy atom. The summed E-state index contributed by atoms with van der Waals surface area (Å²) in [6, 6.07) is 0. The number of hydrogen-bond acceptors (Lipinski definition) is 6. The summed E-state index contributed by atoms with van der Waals surface area (Å²) in [7, 11) is 0. The fourth-order valence-corrected chi connectivity index (χ4v) is 2.27. The average molecular weight is 303 g/mol. The third-order valence-electron chi connectivity index (χ3n) is 3.01. The van der Waals surface area contributed by atoms with Crippen LogP contribution < -0.4 is 5.32 Å². The zero-order valence-corrected chi connectivity index (χ0v) is 12.4. The van der Waals surface area contributed by atoms with Crippen molar-refractivity contribution in [1.29, 1.82) is 0 Å². The van der Waals surface area contributed by atoms with Crippen molar-refractivity contribution in [2.45, 2.75) is 33.1 Å². The molecule has 112 valence electrons. The molecule has 2 N–H and O–H groups in total. The summed E-state index contributed by atoms with van der Waals surface area (Å²) in [5.41, 5.74) is 0.0698. The molecule has 8 heteroatoms. The van der Waals surface area contributed by atoms with Crippen LogP contribution in [0.15, 0.2) is 0 Å². The Morgan fingerprint density at radius 3 is 2.70 bits per heavy atom. The fourth-order valence-electron chi connectivity index (χ4n) is 2.06. The molecule has 1 aromatic rings. The van der Waals surface area contributed by atoms with Crippen molar-refractivity contribution in [3.63, 3.8) is 0 Å². The lowest BCUT2D eigenvalue weighted by Crippen LogP contribution is -2.17. The number of aryl methyl sites for hydroxylation is 1. The topological polar surface area (TPSA) is 101 Å². The number of rotatable bonds is 8. The Bertz CT molecular complexity index is 464. The van der Waals surface area contributed by atoms with Crippen molar-refractivity contribution in [2.24, 2.45) is 5.92 Å². The average Bonchev–Trinajstić information content (AvgIpc) is 2.35. The normalized spacial score (nSPS) is 12.2. The Morgan fingerprint density at radius 1 is 1.45 bits per heavy atom. The van der Waals surface area contributed by atoms with Gasteiger partial charge in [0.2, 0.25) is 11.1 Å². The van der Waals surface area contributed by atoms with E-state index in [1.165, 1.54) is 6.92 Å². The number of aliphatic hydroxyl groups is 1. The fraction of sp³-hybridized carbons (Fsp3) is 0.667. The number of aromatic nitrogens is 2. The number of aliphatic hydroxyl groups excluding tert-OH is 1. The predicted octanol–water partition coefficient (Wildman–Crippen LogP) is 2.56. The number of nitrogens with zero attached hydrogens (tertiary/aromatic N) is 3. The Kier molecular flexibility index (Phi) is 6.60.